The van der Waals surface area contributed by atoms with Crippen LogP contribution >= 0.6 is 11.3 Å². The van der Waals surface area contributed by atoms with Crippen molar-refractivity contribution < 1.29 is 19.1 Å². The summed E-state index contributed by atoms with van der Waals surface area (Å²) in [5.74, 6) is -1.22. The fourth-order valence-corrected chi connectivity index (χ4v) is 3.41. The first-order valence-corrected chi connectivity index (χ1v) is 7.93. The zero-order valence-corrected chi connectivity index (χ0v) is 13.3. The molecule has 0 saturated carbocycles. The number of hydrogen-bond donors (Lipinski definition) is 1. The van der Waals surface area contributed by atoms with E-state index in [1.54, 1.807) is 0 Å². The van der Waals surface area contributed by atoms with Gasteiger partial charge in [0.25, 0.3) is 5.91 Å². The number of nitrogens with one attached hydrogen (secondary N) is 1. The van der Waals surface area contributed by atoms with Crippen LogP contribution in [0, 0.1) is 0 Å². The number of hydrogen-bond acceptors (Lipinski definition) is 6. The van der Waals surface area contributed by atoms with Crippen LogP contribution in [0.25, 0.3) is 10.2 Å². The van der Waals surface area contributed by atoms with Crippen LogP contribution in [0.1, 0.15) is 16.2 Å². The topological polar surface area (TPSA) is 88.6 Å². The SMILES string of the molecule is COC(=O)C[C@@H]1C(=O)NCCN1C(=O)c1nc2ccccc2s1. The van der Waals surface area contributed by atoms with Gasteiger partial charge in [0.1, 0.15) is 6.04 Å². The van der Waals surface area contributed by atoms with Crippen LogP contribution < -0.4 is 5.32 Å². The molecule has 1 fully saturated rings. The van der Waals surface area contributed by atoms with Crippen molar-refractivity contribution in [1.82, 2.24) is 15.2 Å². The van der Waals surface area contributed by atoms with Gasteiger partial charge in [-0.2, -0.15) is 0 Å². The fourth-order valence-electron chi connectivity index (χ4n) is 2.49. The molecule has 0 spiro atoms. The number of piperazine rings is 1. The first kappa shape index (κ1) is 15.4. The number of benzene rings is 1. The number of thiazole rings is 1. The summed E-state index contributed by atoms with van der Waals surface area (Å²) in [6.07, 6.45) is -0.168. The maximum Gasteiger partial charge on any atom is 0.308 e. The minimum absolute atomic E-state index is 0.168. The standard InChI is InChI=1S/C15H15N3O4S/c1-22-12(19)8-10-13(20)16-6-7-18(10)15(21)14-17-9-4-2-3-5-11(9)23-14/h2-5,10H,6-8H2,1H3,(H,16,20)/t10-/m1/s1. The summed E-state index contributed by atoms with van der Waals surface area (Å²) < 4.78 is 5.52. The number of nitrogens with zero attached hydrogens (tertiary/aromatic N) is 2. The minimum Gasteiger partial charge on any atom is -0.469 e. The van der Waals surface area contributed by atoms with E-state index in [1.165, 1.54) is 23.3 Å². The van der Waals surface area contributed by atoms with Gasteiger partial charge in [-0.3, -0.25) is 14.4 Å². The third-order valence-electron chi connectivity index (χ3n) is 3.66. The normalized spacial score (nSPS) is 17.9. The molecule has 2 aromatic rings. The molecule has 1 aromatic carbocycles. The lowest BCUT2D eigenvalue weighted by molar-refractivity contribution is -0.145. The van der Waals surface area contributed by atoms with E-state index in [0.717, 1.165) is 10.2 Å². The van der Waals surface area contributed by atoms with E-state index in [1.807, 2.05) is 24.3 Å². The van der Waals surface area contributed by atoms with Gasteiger partial charge in [0, 0.05) is 13.1 Å². The number of rotatable bonds is 3. The zero-order chi connectivity index (χ0) is 16.4. The Morgan fingerprint density at radius 3 is 2.96 bits per heavy atom. The molecule has 1 N–H and O–H groups in total. The third-order valence-corrected chi connectivity index (χ3v) is 4.68. The van der Waals surface area contributed by atoms with Crippen LogP contribution in [0.15, 0.2) is 24.3 Å². The van der Waals surface area contributed by atoms with Crippen molar-refractivity contribution in [2.45, 2.75) is 12.5 Å². The van der Waals surface area contributed by atoms with Crippen LogP contribution in [0.5, 0.6) is 0 Å². The molecule has 23 heavy (non-hydrogen) atoms. The van der Waals surface area contributed by atoms with Crippen LogP contribution in [0.3, 0.4) is 0 Å². The van der Waals surface area contributed by atoms with E-state index in [4.69, 9.17) is 0 Å². The molecule has 1 aromatic heterocycles. The number of methoxy groups -OCH3 is 1. The highest BCUT2D eigenvalue weighted by Gasteiger charge is 2.36. The Labute approximate surface area is 136 Å². The van der Waals surface area contributed by atoms with Crippen molar-refractivity contribution in [3.05, 3.63) is 29.3 Å². The van der Waals surface area contributed by atoms with E-state index in [2.05, 4.69) is 15.0 Å². The van der Waals surface area contributed by atoms with E-state index in [9.17, 15) is 14.4 Å². The summed E-state index contributed by atoms with van der Waals surface area (Å²) in [5, 5.41) is 2.98. The number of aromatic nitrogens is 1. The fraction of sp³-hybridized carbons (Fsp3) is 0.333. The summed E-state index contributed by atoms with van der Waals surface area (Å²) in [6, 6.07) is 6.58. The largest absolute Gasteiger partial charge is 0.469 e. The highest BCUT2D eigenvalue weighted by atomic mass is 32.1. The molecule has 2 amide bonds. The summed E-state index contributed by atoms with van der Waals surface area (Å²) in [4.78, 5) is 42.0. The number of carbonyl (C=O) groups is 3. The van der Waals surface area contributed by atoms with Gasteiger partial charge >= 0.3 is 5.97 Å². The Hall–Kier alpha value is -2.48. The van der Waals surface area contributed by atoms with Gasteiger partial charge < -0.3 is 15.0 Å². The lowest BCUT2D eigenvalue weighted by Crippen LogP contribution is -2.57. The molecule has 1 saturated heterocycles. The van der Waals surface area contributed by atoms with Gasteiger partial charge in [0.15, 0.2) is 5.01 Å². The van der Waals surface area contributed by atoms with Gasteiger partial charge in [-0.05, 0) is 12.1 Å². The average Bonchev–Trinajstić information content (AvgIpc) is 3.00. The van der Waals surface area contributed by atoms with Gasteiger partial charge in [0.2, 0.25) is 5.91 Å². The van der Waals surface area contributed by atoms with E-state index in [0.29, 0.717) is 18.1 Å². The smallest absolute Gasteiger partial charge is 0.308 e. The monoisotopic (exact) mass is 333 g/mol. The summed E-state index contributed by atoms with van der Waals surface area (Å²) in [7, 11) is 1.25. The van der Waals surface area contributed by atoms with Gasteiger partial charge in [-0.25, -0.2) is 4.98 Å². The lowest BCUT2D eigenvalue weighted by Gasteiger charge is -2.33. The first-order valence-electron chi connectivity index (χ1n) is 7.11. The second-order valence-corrected chi connectivity index (χ2v) is 6.10. The van der Waals surface area contributed by atoms with Crippen molar-refractivity contribution in [2.24, 2.45) is 0 Å². The molecule has 2 heterocycles. The van der Waals surface area contributed by atoms with Crippen molar-refractivity contribution in [3.8, 4) is 0 Å². The maximum absolute atomic E-state index is 12.7. The molecule has 0 bridgehead atoms. The van der Waals surface area contributed by atoms with Crippen molar-refractivity contribution >= 4 is 39.3 Å². The van der Waals surface area contributed by atoms with Gasteiger partial charge in [-0.1, -0.05) is 12.1 Å². The molecular formula is C15H15N3O4S. The molecule has 1 atom stereocenters. The molecule has 1 aliphatic rings. The highest BCUT2D eigenvalue weighted by molar-refractivity contribution is 7.20. The van der Waals surface area contributed by atoms with Crippen LogP contribution in [-0.2, 0) is 14.3 Å². The molecule has 0 radical (unpaired) electrons. The summed E-state index contributed by atoms with van der Waals surface area (Å²) >= 11 is 1.28. The summed E-state index contributed by atoms with van der Waals surface area (Å²) in [5.41, 5.74) is 0.742. The van der Waals surface area contributed by atoms with E-state index >= 15 is 0 Å². The van der Waals surface area contributed by atoms with E-state index in [-0.39, 0.29) is 18.2 Å². The Kier molecular flexibility index (Phi) is 4.24. The van der Waals surface area contributed by atoms with E-state index < -0.39 is 12.0 Å². The van der Waals surface area contributed by atoms with Crippen molar-refractivity contribution in [2.75, 3.05) is 20.2 Å². The second-order valence-electron chi connectivity index (χ2n) is 5.07. The predicted molar refractivity (Wildman–Crippen MR) is 84.1 cm³/mol. The number of carbonyl (C=O) groups excluding carboxylic acids is 3. The Balaban J connectivity index is 1.88. The number of fused-ring (bicyclic) bond motifs is 1. The maximum atomic E-state index is 12.7. The zero-order valence-electron chi connectivity index (χ0n) is 12.4. The van der Waals surface area contributed by atoms with Crippen molar-refractivity contribution in [3.63, 3.8) is 0 Å². The summed E-state index contributed by atoms with van der Waals surface area (Å²) in [6.45, 7) is 0.690. The Morgan fingerprint density at radius 2 is 2.22 bits per heavy atom. The van der Waals surface area contributed by atoms with Crippen LogP contribution in [-0.4, -0.2) is 53.9 Å². The van der Waals surface area contributed by atoms with Gasteiger partial charge in [0.05, 0.1) is 23.7 Å². The average molecular weight is 333 g/mol. The molecular weight excluding hydrogens is 318 g/mol. The molecule has 1 aliphatic heterocycles. The lowest BCUT2D eigenvalue weighted by atomic mass is 10.1. The van der Waals surface area contributed by atoms with Crippen molar-refractivity contribution in [1.29, 1.82) is 0 Å². The molecule has 0 unspecified atom stereocenters. The molecule has 0 aliphatic carbocycles. The molecule has 3 rings (SSSR count). The number of esters is 1. The minimum atomic E-state index is -0.865. The number of para-hydroxylation sites is 1. The molecule has 120 valence electrons. The van der Waals surface area contributed by atoms with Crippen LogP contribution in [0.2, 0.25) is 0 Å². The molecule has 7 nitrogen and oxygen atoms in total. The molecule has 8 heteroatoms. The highest BCUT2D eigenvalue weighted by Crippen LogP contribution is 2.24. The third kappa shape index (κ3) is 3.02. The first-order chi connectivity index (χ1) is 11.1. The number of ether oxygens (including phenoxy) is 1. The Morgan fingerprint density at radius 1 is 1.43 bits per heavy atom. The predicted octanol–water partition coefficient (Wildman–Crippen LogP) is 0.800. The van der Waals surface area contributed by atoms with Gasteiger partial charge in [-0.15, -0.1) is 11.3 Å². The number of amides is 2. The quantitative estimate of drug-likeness (QED) is 0.839. The second kappa shape index (κ2) is 6.33. The Bertz CT molecular complexity index is 740. The van der Waals surface area contributed by atoms with Crippen LogP contribution in [0.4, 0.5) is 0 Å².